The predicted molar refractivity (Wildman–Crippen MR) is 108 cm³/mol. The maximum atomic E-state index is 10.6. The zero-order valence-electron chi connectivity index (χ0n) is 16.1. The number of benzene rings is 2. The van der Waals surface area contributed by atoms with Gasteiger partial charge >= 0.3 is 0 Å². The number of carbonyl (C=O) groups is 1. The maximum absolute atomic E-state index is 10.6. The number of para-hydroxylation sites is 2. The average molecular weight is 377 g/mol. The second-order valence-corrected chi connectivity index (χ2v) is 8.35. The molecular formula is C24H27NO3. The molecule has 28 heavy (non-hydrogen) atoms. The van der Waals surface area contributed by atoms with Gasteiger partial charge in [-0.3, -0.25) is 0 Å². The van der Waals surface area contributed by atoms with Crippen LogP contribution >= 0.6 is 0 Å². The highest BCUT2D eigenvalue weighted by atomic mass is 16.5. The Hall–Kier alpha value is -2.33. The quantitative estimate of drug-likeness (QED) is 0.827. The Balaban J connectivity index is 0.000000122. The lowest BCUT2D eigenvalue weighted by Crippen LogP contribution is -2.02. The van der Waals surface area contributed by atoms with Gasteiger partial charge in [-0.25, -0.2) is 0 Å². The van der Waals surface area contributed by atoms with Gasteiger partial charge in [-0.2, -0.15) is 0 Å². The van der Waals surface area contributed by atoms with Gasteiger partial charge in [0, 0.05) is 18.8 Å². The molecule has 0 bridgehead atoms. The third kappa shape index (κ3) is 3.20. The van der Waals surface area contributed by atoms with E-state index in [0.29, 0.717) is 17.8 Å². The molecule has 0 unspecified atom stereocenters. The normalized spacial score (nSPS) is 28.2. The van der Waals surface area contributed by atoms with Crippen molar-refractivity contribution in [3.8, 4) is 11.5 Å². The van der Waals surface area contributed by atoms with E-state index in [1.165, 1.54) is 28.7 Å². The Morgan fingerprint density at radius 3 is 2.00 bits per heavy atom. The van der Waals surface area contributed by atoms with E-state index in [4.69, 9.17) is 15.2 Å². The van der Waals surface area contributed by atoms with Gasteiger partial charge in [0.05, 0.1) is 13.2 Å². The Morgan fingerprint density at radius 1 is 0.893 bits per heavy atom. The second kappa shape index (κ2) is 7.25. The summed E-state index contributed by atoms with van der Waals surface area (Å²) in [4.78, 5) is 10.6. The van der Waals surface area contributed by atoms with Crippen molar-refractivity contribution >= 4 is 6.29 Å². The van der Waals surface area contributed by atoms with Crippen LogP contribution in [0.1, 0.15) is 46.9 Å². The van der Waals surface area contributed by atoms with Crippen LogP contribution in [0.5, 0.6) is 11.5 Å². The molecule has 0 radical (unpaired) electrons. The van der Waals surface area contributed by atoms with Gasteiger partial charge in [0.25, 0.3) is 0 Å². The SMILES string of the molecule is NC[C@@H]1C[C@H]1c1cccc2c1OCC2.O=C[C@@H]1C[C@H]1c1cccc2c1OCC2. The molecular weight excluding hydrogens is 350 g/mol. The molecule has 4 atom stereocenters. The van der Waals surface area contributed by atoms with E-state index in [2.05, 4.69) is 36.4 Å². The lowest BCUT2D eigenvalue weighted by Gasteiger charge is -2.06. The monoisotopic (exact) mass is 377 g/mol. The maximum Gasteiger partial charge on any atom is 0.126 e. The first-order chi connectivity index (χ1) is 13.8. The van der Waals surface area contributed by atoms with Crippen LogP contribution in [0.15, 0.2) is 36.4 Å². The Morgan fingerprint density at radius 2 is 1.50 bits per heavy atom. The molecule has 2 aliphatic heterocycles. The molecule has 4 nitrogen and oxygen atoms in total. The first kappa shape index (κ1) is 17.7. The van der Waals surface area contributed by atoms with Crippen molar-refractivity contribution < 1.29 is 14.3 Å². The highest BCUT2D eigenvalue weighted by Crippen LogP contribution is 2.51. The molecule has 2 aromatic carbocycles. The highest BCUT2D eigenvalue weighted by Gasteiger charge is 2.41. The van der Waals surface area contributed by atoms with Crippen LogP contribution in [-0.4, -0.2) is 26.0 Å². The van der Waals surface area contributed by atoms with Gasteiger partial charge in [0.2, 0.25) is 0 Å². The van der Waals surface area contributed by atoms with Crippen LogP contribution in [-0.2, 0) is 17.6 Å². The van der Waals surface area contributed by atoms with E-state index in [1.807, 2.05) is 0 Å². The van der Waals surface area contributed by atoms with Crippen molar-refractivity contribution in [2.45, 2.75) is 37.5 Å². The van der Waals surface area contributed by atoms with Crippen LogP contribution in [0.3, 0.4) is 0 Å². The van der Waals surface area contributed by atoms with Crippen LogP contribution in [0, 0.1) is 11.8 Å². The standard InChI is InChI=1S/C12H15NO.C12H12O2/c2*13-7-9-6-11(9)10-3-1-2-8-4-5-14-12(8)10/h1-3,9,11H,4-7,13H2;1-3,7,9,11H,4-6H2/t2*9-,11+/m00/s1. The molecule has 6 rings (SSSR count). The summed E-state index contributed by atoms with van der Waals surface area (Å²) >= 11 is 0. The van der Waals surface area contributed by atoms with Gasteiger partial charge in [-0.1, -0.05) is 36.4 Å². The summed E-state index contributed by atoms with van der Waals surface area (Å²) in [5.74, 6) is 4.26. The van der Waals surface area contributed by atoms with Crippen molar-refractivity contribution in [2.75, 3.05) is 19.8 Å². The molecule has 146 valence electrons. The number of ether oxygens (including phenoxy) is 2. The molecule has 2 fully saturated rings. The molecule has 4 aliphatic rings. The number of aldehydes is 1. The van der Waals surface area contributed by atoms with E-state index in [9.17, 15) is 4.79 Å². The molecule has 2 heterocycles. The van der Waals surface area contributed by atoms with Crippen LogP contribution < -0.4 is 15.2 Å². The van der Waals surface area contributed by atoms with Crippen LogP contribution in [0.2, 0.25) is 0 Å². The number of fused-ring (bicyclic) bond motifs is 2. The first-order valence-corrected chi connectivity index (χ1v) is 10.4. The number of hydrogen-bond donors (Lipinski definition) is 1. The summed E-state index contributed by atoms with van der Waals surface area (Å²) in [5.41, 5.74) is 11.0. The summed E-state index contributed by atoms with van der Waals surface area (Å²) in [6.45, 7) is 2.46. The Labute approximate surface area is 166 Å². The molecule has 0 aromatic heterocycles. The fraction of sp³-hybridized carbons (Fsp3) is 0.458. The van der Waals surface area contributed by atoms with E-state index in [1.54, 1.807) is 0 Å². The average Bonchev–Trinajstić information content (AvgIpc) is 3.58. The third-order valence-corrected chi connectivity index (χ3v) is 6.53. The Kier molecular flexibility index (Phi) is 4.59. The molecule has 0 spiro atoms. The number of hydrogen-bond acceptors (Lipinski definition) is 4. The molecule has 0 amide bonds. The van der Waals surface area contributed by atoms with Crippen molar-refractivity contribution in [3.05, 3.63) is 58.7 Å². The van der Waals surface area contributed by atoms with Crippen molar-refractivity contribution in [1.29, 1.82) is 0 Å². The minimum absolute atomic E-state index is 0.241. The predicted octanol–water partition coefficient (Wildman–Crippen LogP) is 3.61. The second-order valence-electron chi connectivity index (χ2n) is 8.35. The minimum atomic E-state index is 0.241. The first-order valence-electron chi connectivity index (χ1n) is 10.4. The molecule has 0 saturated heterocycles. The smallest absolute Gasteiger partial charge is 0.126 e. The minimum Gasteiger partial charge on any atom is -0.493 e. The van der Waals surface area contributed by atoms with Gasteiger partial charge < -0.3 is 20.0 Å². The highest BCUT2D eigenvalue weighted by molar-refractivity contribution is 5.63. The lowest BCUT2D eigenvalue weighted by molar-refractivity contribution is -0.108. The molecule has 2 aromatic rings. The fourth-order valence-corrected chi connectivity index (χ4v) is 4.68. The Bertz CT molecular complexity index is 893. The lowest BCUT2D eigenvalue weighted by atomic mass is 10.0. The molecule has 2 aliphatic carbocycles. The number of nitrogens with two attached hydrogens (primary N) is 1. The van der Waals surface area contributed by atoms with E-state index in [-0.39, 0.29) is 5.92 Å². The summed E-state index contributed by atoms with van der Waals surface area (Å²) in [6, 6.07) is 12.8. The zero-order valence-corrected chi connectivity index (χ0v) is 16.1. The van der Waals surface area contributed by atoms with Gasteiger partial charge in [0.15, 0.2) is 0 Å². The van der Waals surface area contributed by atoms with Crippen molar-refractivity contribution in [1.82, 2.24) is 0 Å². The van der Waals surface area contributed by atoms with Gasteiger partial charge in [0.1, 0.15) is 17.8 Å². The summed E-state index contributed by atoms with van der Waals surface area (Å²) in [7, 11) is 0. The number of rotatable bonds is 4. The summed E-state index contributed by atoms with van der Waals surface area (Å²) in [5, 5.41) is 0. The molecule has 2 N–H and O–H groups in total. The number of carbonyl (C=O) groups excluding carboxylic acids is 1. The zero-order chi connectivity index (χ0) is 19.1. The van der Waals surface area contributed by atoms with Gasteiger partial charge in [-0.05, 0) is 59.4 Å². The third-order valence-electron chi connectivity index (χ3n) is 6.53. The van der Waals surface area contributed by atoms with Crippen LogP contribution in [0.4, 0.5) is 0 Å². The van der Waals surface area contributed by atoms with Crippen molar-refractivity contribution in [2.24, 2.45) is 17.6 Å². The fourth-order valence-electron chi connectivity index (χ4n) is 4.68. The molecule has 2 saturated carbocycles. The van der Waals surface area contributed by atoms with E-state index in [0.717, 1.165) is 56.8 Å². The largest absolute Gasteiger partial charge is 0.493 e. The van der Waals surface area contributed by atoms with Gasteiger partial charge in [-0.15, -0.1) is 0 Å². The summed E-state index contributed by atoms with van der Waals surface area (Å²) < 4.78 is 11.3. The van der Waals surface area contributed by atoms with Crippen molar-refractivity contribution in [3.63, 3.8) is 0 Å². The topological polar surface area (TPSA) is 61.5 Å². The summed E-state index contributed by atoms with van der Waals surface area (Å²) in [6.07, 6.45) is 5.41. The van der Waals surface area contributed by atoms with E-state index >= 15 is 0 Å². The van der Waals surface area contributed by atoms with E-state index < -0.39 is 0 Å². The molecule has 4 heteroatoms. The van der Waals surface area contributed by atoms with Crippen LogP contribution in [0.25, 0.3) is 0 Å².